The second-order valence-electron chi connectivity index (χ2n) is 10.3. The Kier molecular flexibility index (Phi) is 8.26. The summed E-state index contributed by atoms with van der Waals surface area (Å²) in [5, 5.41) is 2.92. The van der Waals surface area contributed by atoms with E-state index in [0.717, 1.165) is 57.2 Å². The molecule has 1 amide bonds. The zero-order valence-electron chi connectivity index (χ0n) is 21.3. The molecule has 0 radical (unpaired) electrons. The molecule has 2 aromatic rings. The standard InChI is InChI=1S/C28H37N3O5S/c32-27(29-24-10-12-25(13-11-24)37(33,34)31-16-5-2-6-17-31)21-30-18-15-28(14-7-19-36-28)26(20-30)35-22-23-8-3-1-4-9-23/h1,3-4,8-13,26H,2,5-7,14-22H2,(H,29,32)/t26-,28-/m1/s1. The molecule has 0 aliphatic carbocycles. The Hall–Kier alpha value is -2.30. The third-order valence-electron chi connectivity index (χ3n) is 7.75. The summed E-state index contributed by atoms with van der Waals surface area (Å²) in [5.41, 5.74) is 1.44. The molecule has 3 fully saturated rings. The first-order chi connectivity index (χ1) is 17.9. The van der Waals surface area contributed by atoms with Crippen LogP contribution in [0.2, 0.25) is 0 Å². The Bertz CT molecular complexity index is 1140. The van der Waals surface area contributed by atoms with Gasteiger partial charge in [0.15, 0.2) is 0 Å². The van der Waals surface area contributed by atoms with Crippen molar-refractivity contribution in [2.24, 2.45) is 0 Å². The average molecular weight is 528 g/mol. The van der Waals surface area contributed by atoms with E-state index in [2.05, 4.69) is 22.3 Å². The highest BCUT2D eigenvalue weighted by atomic mass is 32.2. The number of carbonyl (C=O) groups excluding carboxylic acids is 1. The number of nitrogens with zero attached hydrogens (tertiary/aromatic N) is 2. The zero-order valence-corrected chi connectivity index (χ0v) is 22.1. The number of carbonyl (C=O) groups is 1. The summed E-state index contributed by atoms with van der Waals surface area (Å²) in [7, 11) is -3.49. The highest BCUT2D eigenvalue weighted by molar-refractivity contribution is 7.89. The van der Waals surface area contributed by atoms with Crippen molar-refractivity contribution in [3.63, 3.8) is 0 Å². The van der Waals surface area contributed by atoms with Gasteiger partial charge in [-0.2, -0.15) is 4.31 Å². The molecule has 200 valence electrons. The topological polar surface area (TPSA) is 88.2 Å². The van der Waals surface area contributed by atoms with Gasteiger partial charge in [0.05, 0.1) is 29.8 Å². The monoisotopic (exact) mass is 527 g/mol. The van der Waals surface area contributed by atoms with Crippen molar-refractivity contribution in [1.29, 1.82) is 0 Å². The lowest BCUT2D eigenvalue weighted by atomic mass is 9.85. The highest BCUT2D eigenvalue weighted by Crippen LogP contribution is 2.38. The normalized spacial score (nSPS) is 25.4. The third kappa shape index (κ3) is 6.23. The average Bonchev–Trinajstić information content (AvgIpc) is 3.40. The number of hydrogen-bond acceptors (Lipinski definition) is 6. The van der Waals surface area contributed by atoms with Gasteiger partial charge in [-0.3, -0.25) is 9.69 Å². The van der Waals surface area contributed by atoms with Crippen LogP contribution >= 0.6 is 0 Å². The number of rotatable bonds is 8. The van der Waals surface area contributed by atoms with Crippen LogP contribution < -0.4 is 5.32 Å². The maximum Gasteiger partial charge on any atom is 0.243 e. The van der Waals surface area contributed by atoms with Crippen LogP contribution in [0.4, 0.5) is 5.69 Å². The molecule has 1 spiro atoms. The minimum Gasteiger partial charge on any atom is -0.372 e. The van der Waals surface area contributed by atoms with Gasteiger partial charge in [-0.1, -0.05) is 36.8 Å². The Labute approximate surface area is 220 Å². The zero-order chi connectivity index (χ0) is 25.7. The lowest BCUT2D eigenvalue weighted by Gasteiger charge is -2.44. The van der Waals surface area contributed by atoms with E-state index in [-0.39, 0.29) is 29.1 Å². The molecule has 0 bridgehead atoms. The van der Waals surface area contributed by atoms with Crippen molar-refractivity contribution >= 4 is 21.6 Å². The molecule has 0 aromatic heterocycles. The van der Waals surface area contributed by atoms with Gasteiger partial charge in [0.1, 0.15) is 0 Å². The molecule has 3 saturated heterocycles. The molecule has 3 heterocycles. The Morgan fingerprint density at radius 3 is 2.43 bits per heavy atom. The van der Waals surface area contributed by atoms with Crippen LogP contribution in [0.3, 0.4) is 0 Å². The molecule has 2 aromatic carbocycles. The predicted octanol–water partition coefficient (Wildman–Crippen LogP) is 3.64. The van der Waals surface area contributed by atoms with Crippen molar-refractivity contribution in [2.75, 3.05) is 44.6 Å². The summed E-state index contributed by atoms with van der Waals surface area (Å²) < 4.78 is 39.9. The van der Waals surface area contributed by atoms with E-state index in [9.17, 15) is 13.2 Å². The second-order valence-corrected chi connectivity index (χ2v) is 12.3. The summed E-state index contributed by atoms with van der Waals surface area (Å²) in [6, 6.07) is 16.6. The van der Waals surface area contributed by atoms with E-state index >= 15 is 0 Å². The van der Waals surface area contributed by atoms with Gasteiger partial charge in [-0.25, -0.2) is 8.42 Å². The highest BCUT2D eigenvalue weighted by Gasteiger charge is 2.47. The van der Waals surface area contributed by atoms with E-state index in [1.165, 1.54) is 0 Å². The van der Waals surface area contributed by atoms with Crippen LogP contribution in [0.1, 0.15) is 44.1 Å². The van der Waals surface area contributed by atoms with E-state index in [1.807, 2.05) is 18.2 Å². The molecule has 3 aliphatic heterocycles. The smallest absolute Gasteiger partial charge is 0.243 e. The fraction of sp³-hybridized carbons (Fsp3) is 0.536. The van der Waals surface area contributed by atoms with Crippen molar-refractivity contribution in [1.82, 2.24) is 9.21 Å². The number of benzene rings is 2. The third-order valence-corrected chi connectivity index (χ3v) is 9.66. The van der Waals surface area contributed by atoms with Gasteiger partial charge in [-0.05, 0) is 61.9 Å². The summed E-state index contributed by atoms with van der Waals surface area (Å²) in [5.74, 6) is -0.128. The Morgan fingerprint density at radius 2 is 1.73 bits per heavy atom. The lowest BCUT2D eigenvalue weighted by molar-refractivity contribution is -0.159. The Morgan fingerprint density at radius 1 is 0.973 bits per heavy atom. The van der Waals surface area contributed by atoms with Crippen LogP contribution in [0.25, 0.3) is 0 Å². The van der Waals surface area contributed by atoms with Crippen molar-refractivity contribution in [2.45, 2.75) is 61.7 Å². The van der Waals surface area contributed by atoms with Gasteiger partial charge in [0.2, 0.25) is 15.9 Å². The molecule has 0 saturated carbocycles. The molecule has 9 heteroatoms. The summed E-state index contributed by atoms with van der Waals surface area (Å²) in [4.78, 5) is 15.2. The van der Waals surface area contributed by atoms with Crippen LogP contribution in [0.15, 0.2) is 59.5 Å². The fourth-order valence-corrected chi connectivity index (χ4v) is 7.18. The summed E-state index contributed by atoms with van der Waals surface area (Å²) in [6.07, 6.45) is 5.62. The number of anilines is 1. The van der Waals surface area contributed by atoms with Gasteiger partial charge >= 0.3 is 0 Å². The van der Waals surface area contributed by atoms with E-state index in [0.29, 0.717) is 31.9 Å². The number of piperidine rings is 2. The van der Waals surface area contributed by atoms with Crippen LogP contribution in [-0.4, -0.2) is 74.6 Å². The lowest BCUT2D eigenvalue weighted by Crippen LogP contribution is -2.57. The van der Waals surface area contributed by atoms with Crippen molar-refractivity contribution in [3.8, 4) is 0 Å². The number of sulfonamides is 1. The van der Waals surface area contributed by atoms with Gasteiger partial charge in [0, 0.05) is 38.5 Å². The largest absolute Gasteiger partial charge is 0.372 e. The van der Waals surface area contributed by atoms with Crippen LogP contribution in [0, 0.1) is 0 Å². The minimum atomic E-state index is -3.49. The van der Waals surface area contributed by atoms with Crippen LogP contribution in [-0.2, 0) is 30.9 Å². The summed E-state index contributed by atoms with van der Waals surface area (Å²) in [6.45, 7) is 4.06. The summed E-state index contributed by atoms with van der Waals surface area (Å²) >= 11 is 0. The number of ether oxygens (including phenoxy) is 2. The van der Waals surface area contributed by atoms with Gasteiger partial charge < -0.3 is 14.8 Å². The molecular formula is C28H37N3O5S. The molecule has 1 N–H and O–H groups in total. The maximum atomic E-state index is 12.9. The first-order valence-electron chi connectivity index (χ1n) is 13.4. The van der Waals surface area contributed by atoms with E-state index < -0.39 is 10.0 Å². The molecule has 3 aliphatic rings. The number of likely N-dealkylation sites (tertiary alicyclic amines) is 1. The molecule has 37 heavy (non-hydrogen) atoms. The maximum absolute atomic E-state index is 12.9. The molecule has 5 rings (SSSR count). The molecule has 8 nitrogen and oxygen atoms in total. The quantitative estimate of drug-likeness (QED) is 0.564. The van der Waals surface area contributed by atoms with Crippen LogP contribution in [0.5, 0.6) is 0 Å². The van der Waals surface area contributed by atoms with Gasteiger partial charge in [0.25, 0.3) is 0 Å². The van der Waals surface area contributed by atoms with Crippen molar-refractivity contribution < 1.29 is 22.7 Å². The number of hydrogen-bond donors (Lipinski definition) is 1. The van der Waals surface area contributed by atoms with E-state index in [4.69, 9.17) is 9.47 Å². The predicted molar refractivity (Wildman–Crippen MR) is 142 cm³/mol. The molecular weight excluding hydrogens is 490 g/mol. The van der Waals surface area contributed by atoms with Gasteiger partial charge in [-0.15, -0.1) is 0 Å². The van der Waals surface area contributed by atoms with Crippen molar-refractivity contribution in [3.05, 3.63) is 60.2 Å². The number of amides is 1. The first kappa shape index (κ1) is 26.3. The SMILES string of the molecule is O=C(CN1CC[C@]2(CCCO2)[C@H](OCc2ccccc2)C1)Nc1ccc(S(=O)(=O)N2CCCCC2)cc1. The fourth-order valence-electron chi connectivity index (χ4n) is 5.66. The minimum absolute atomic E-state index is 0.101. The second kappa shape index (κ2) is 11.6. The van der Waals surface area contributed by atoms with E-state index in [1.54, 1.807) is 28.6 Å². The first-order valence-corrected chi connectivity index (χ1v) is 14.8. The molecule has 2 atom stereocenters. The number of nitrogens with one attached hydrogen (secondary N) is 1. The molecule has 0 unspecified atom stereocenters. The Balaban J connectivity index is 1.17.